The number of hydrogen-bond acceptors (Lipinski definition) is 1. The smallest absolute Gasteiger partial charge is 0.101 e. The lowest BCUT2D eigenvalue weighted by Gasteiger charge is -2.00. The van der Waals surface area contributed by atoms with Gasteiger partial charge in [0.05, 0.1) is 13.2 Å². The van der Waals surface area contributed by atoms with Gasteiger partial charge in [0.25, 0.3) is 0 Å². The van der Waals surface area contributed by atoms with Crippen LogP contribution in [0.15, 0.2) is 30.3 Å². The summed E-state index contributed by atoms with van der Waals surface area (Å²) in [5, 5.41) is 2.25. The molecule has 1 aromatic carbocycles. The molecule has 0 spiro atoms. The second kappa shape index (κ2) is 5.75. The van der Waals surface area contributed by atoms with Crippen molar-refractivity contribution in [3.63, 3.8) is 0 Å². The van der Waals surface area contributed by atoms with E-state index in [4.69, 9.17) is 4.74 Å². The maximum Gasteiger partial charge on any atom is 0.101 e. The summed E-state index contributed by atoms with van der Waals surface area (Å²) >= 11 is 0. The van der Waals surface area contributed by atoms with Gasteiger partial charge in [0.1, 0.15) is 6.54 Å². The van der Waals surface area contributed by atoms with Crippen LogP contribution in [0.4, 0.5) is 0 Å². The van der Waals surface area contributed by atoms with Gasteiger partial charge in [-0.2, -0.15) is 0 Å². The van der Waals surface area contributed by atoms with Gasteiger partial charge in [-0.05, 0) is 0 Å². The molecule has 12 heavy (non-hydrogen) atoms. The summed E-state index contributed by atoms with van der Waals surface area (Å²) in [7, 11) is 1.73. The average molecular weight is 166 g/mol. The van der Waals surface area contributed by atoms with Crippen molar-refractivity contribution in [1.82, 2.24) is 0 Å². The molecule has 0 bridgehead atoms. The minimum absolute atomic E-state index is 0.826. The van der Waals surface area contributed by atoms with Crippen LogP contribution in [0.3, 0.4) is 0 Å². The Hall–Kier alpha value is -0.860. The molecule has 1 aromatic rings. The zero-order valence-corrected chi connectivity index (χ0v) is 7.49. The minimum atomic E-state index is 0.826. The summed E-state index contributed by atoms with van der Waals surface area (Å²) < 4.78 is 4.95. The zero-order valence-electron chi connectivity index (χ0n) is 7.49. The lowest BCUT2D eigenvalue weighted by molar-refractivity contribution is -0.671. The summed E-state index contributed by atoms with van der Waals surface area (Å²) in [5.41, 5.74) is 1.37. The molecule has 0 aliphatic rings. The molecule has 0 saturated carbocycles. The van der Waals surface area contributed by atoms with Crippen molar-refractivity contribution in [3.8, 4) is 0 Å². The van der Waals surface area contributed by atoms with Gasteiger partial charge in [-0.15, -0.1) is 0 Å². The largest absolute Gasteiger partial charge is 0.379 e. The molecule has 2 nitrogen and oxygen atoms in total. The summed E-state index contributed by atoms with van der Waals surface area (Å²) in [4.78, 5) is 0. The standard InChI is InChI=1S/C10H15NO/c1-12-8-7-11-9-10-5-3-2-4-6-10/h2-6,11H,7-9H2,1H3/p+1. The minimum Gasteiger partial charge on any atom is -0.379 e. The number of nitrogens with two attached hydrogens (primary N) is 1. The lowest BCUT2D eigenvalue weighted by atomic mass is 10.2. The van der Waals surface area contributed by atoms with E-state index in [0.29, 0.717) is 0 Å². The highest BCUT2D eigenvalue weighted by Gasteiger charge is 1.92. The van der Waals surface area contributed by atoms with Crippen LogP contribution in [0, 0.1) is 0 Å². The first-order valence-corrected chi connectivity index (χ1v) is 4.28. The van der Waals surface area contributed by atoms with Gasteiger partial charge in [0.2, 0.25) is 0 Å². The van der Waals surface area contributed by atoms with Crippen molar-refractivity contribution in [2.75, 3.05) is 20.3 Å². The van der Waals surface area contributed by atoms with Gasteiger partial charge in [-0.25, -0.2) is 0 Å². The molecule has 0 aromatic heterocycles. The zero-order chi connectivity index (χ0) is 8.65. The average Bonchev–Trinajstić information content (AvgIpc) is 2.14. The lowest BCUT2D eigenvalue weighted by Crippen LogP contribution is -2.83. The maximum atomic E-state index is 4.95. The summed E-state index contributed by atoms with van der Waals surface area (Å²) in [6, 6.07) is 10.5. The Bertz CT molecular complexity index is 198. The molecule has 0 saturated heterocycles. The quantitative estimate of drug-likeness (QED) is 0.629. The SMILES string of the molecule is COCC[NH2+]Cc1ccccc1. The molecular formula is C10H16NO+. The van der Waals surface area contributed by atoms with Gasteiger partial charge >= 0.3 is 0 Å². The first kappa shape index (κ1) is 9.23. The van der Waals surface area contributed by atoms with Crippen molar-refractivity contribution in [3.05, 3.63) is 35.9 Å². The molecule has 0 fully saturated rings. The van der Waals surface area contributed by atoms with Crippen LogP contribution < -0.4 is 5.32 Å². The van der Waals surface area contributed by atoms with Crippen LogP contribution in [-0.4, -0.2) is 20.3 Å². The van der Waals surface area contributed by atoms with E-state index in [2.05, 4.69) is 29.6 Å². The van der Waals surface area contributed by atoms with E-state index >= 15 is 0 Å². The highest BCUT2D eigenvalue weighted by Crippen LogP contribution is 1.93. The number of quaternary nitrogens is 1. The molecule has 0 atom stereocenters. The van der Waals surface area contributed by atoms with Crippen LogP contribution in [0.25, 0.3) is 0 Å². The van der Waals surface area contributed by atoms with Crippen molar-refractivity contribution in [1.29, 1.82) is 0 Å². The van der Waals surface area contributed by atoms with Gasteiger partial charge in [0.15, 0.2) is 0 Å². The van der Waals surface area contributed by atoms with E-state index in [1.54, 1.807) is 7.11 Å². The van der Waals surface area contributed by atoms with Gasteiger partial charge < -0.3 is 10.1 Å². The van der Waals surface area contributed by atoms with E-state index in [1.807, 2.05) is 6.07 Å². The normalized spacial score (nSPS) is 10.1. The van der Waals surface area contributed by atoms with E-state index in [9.17, 15) is 0 Å². The molecule has 2 N–H and O–H groups in total. The van der Waals surface area contributed by atoms with Gasteiger partial charge in [-0.1, -0.05) is 30.3 Å². The van der Waals surface area contributed by atoms with E-state index in [1.165, 1.54) is 5.56 Å². The van der Waals surface area contributed by atoms with Crippen molar-refractivity contribution >= 4 is 0 Å². The molecule has 2 heteroatoms. The first-order valence-electron chi connectivity index (χ1n) is 4.28. The molecule has 0 aliphatic heterocycles. The van der Waals surface area contributed by atoms with E-state index in [0.717, 1.165) is 19.7 Å². The number of hydrogen-bond donors (Lipinski definition) is 1. The third kappa shape index (κ3) is 3.51. The fraction of sp³-hybridized carbons (Fsp3) is 0.400. The summed E-state index contributed by atoms with van der Waals surface area (Å²) in [5.74, 6) is 0. The van der Waals surface area contributed by atoms with Crippen molar-refractivity contribution in [2.24, 2.45) is 0 Å². The molecule has 1 rings (SSSR count). The predicted octanol–water partition coefficient (Wildman–Crippen LogP) is 0.396. The van der Waals surface area contributed by atoms with Crippen LogP contribution in [0.1, 0.15) is 5.56 Å². The first-order chi connectivity index (χ1) is 5.93. The van der Waals surface area contributed by atoms with Crippen LogP contribution >= 0.6 is 0 Å². The Balaban J connectivity index is 2.16. The Morgan fingerprint density at radius 1 is 1.25 bits per heavy atom. The number of ether oxygens (including phenoxy) is 1. The second-order valence-corrected chi connectivity index (χ2v) is 2.76. The fourth-order valence-electron chi connectivity index (χ4n) is 1.08. The second-order valence-electron chi connectivity index (χ2n) is 2.76. The molecule has 0 radical (unpaired) electrons. The Morgan fingerprint density at radius 3 is 2.67 bits per heavy atom. The Kier molecular flexibility index (Phi) is 4.42. The Morgan fingerprint density at radius 2 is 2.00 bits per heavy atom. The highest BCUT2D eigenvalue weighted by molar-refractivity contribution is 5.12. The van der Waals surface area contributed by atoms with E-state index < -0.39 is 0 Å². The van der Waals surface area contributed by atoms with Crippen LogP contribution in [0.5, 0.6) is 0 Å². The maximum absolute atomic E-state index is 4.95. The van der Waals surface area contributed by atoms with Gasteiger partial charge in [-0.3, -0.25) is 0 Å². The summed E-state index contributed by atoms with van der Waals surface area (Å²) in [6.45, 7) is 2.91. The monoisotopic (exact) mass is 166 g/mol. The van der Waals surface area contributed by atoms with Crippen molar-refractivity contribution in [2.45, 2.75) is 6.54 Å². The Labute approximate surface area is 73.6 Å². The predicted molar refractivity (Wildman–Crippen MR) is 48.8 cm³/mol. The third-order valence-electron chi connectivity index (χ3n) is 1.75. The molecule has 0 heterocycles. The van der Waals surface area contributed by atoms with Crippen LogP contribution in [-0.2, 0) is 11.3 Å². The topological polar surface area (TPSA) is 25.8 Å². The molecular weight excluding hydrogens is 150 g/mol. The molecule has 0 aliphatic carbocycles. The molecule has 0 amide bonds. The van der Waals surface area contributed by atoms with Crippen molar-refractivity contribution < 1.29 is 10.1 Å². The fourth-order valence-corrected chi connectivity index (χ4v) is 1.08. The van der Waals surface area contributed by atoms with Gasteiger partial charge in [0, 0.05) is 12.7 Å². The number of benzene rings is 1. The molecule has 66 valence electrons. The van der Waals surface area contributed by atoms with Crippen LogP contribution in [0.2, 0.25) is 0 Å². The summed E-state index contributed by atoms with van der Waals surface area (Å²) in [6.07, 6.45) is 0. The van der Waals surface area contributed by atoms with E-state index in [-0.39, 0.29) is 0 Å². The molecule has 0 unspecified atom stereocenters. The number of methoxy groups -OCH3 is 1. The third-order valence-corrected chi connectivity index (χ3v) is 1.75. The number of rotatable bonds is 5. The highest BCUT2D eigenvalue weighted by atomic mass is 16.5.